The molecule has 0 saturated carbocycles. The van der Waals surface area contributed by atoms with Crippen LogP contribution >= 0.6 is 0 Å². The summed E-state index contributed by atoms with van der Waals surface area (Å²) in [5, 5.41) is 15.0. The van der Waals surface area contributed by atoms with E-state index in [1.54, 1.807) is 0 Å². The first-order chi connectivity index (χ1) is 7.82. The largest absolute Gasteiger partial charge is 0.504 e. The van der Waals surface area contributed by atoms with Gasteiger partial charge in [-0.25, -0.2) is 0 Å². The molecule has 3 nitrogen and oxygen atoms in total. The van der Waals surface area contributed by atoms with Crippen molar-refractivity contribution >= 4 is 0 Å². The first-order valence-corrected chi connectivity index (χ1v) is 6.63. The Bertz CT molecular complexity index is 374. The van der Waals surface area contributed by atoms with Gasteiger partial charge in [0, 0.05) is 17.9 Å². The summed E-state index contributed by atoms with van der Waals surface area (Å²) >= 11 is 0. The van der Waals surface area contributed by atoms with E-state index in [0.29, 0.717) is 11.7 Å². The molecule has 1 rings (SSSR count). The summed E-state index contributed by atoms with van der Waals surface area (Å²) in [6.45, 7) is 13.6. The van der Waals surface area contributed by atoms with E-state index in [1.165, 1.54) is 0 Å². The SMILES string of the molecule is CCCn1nc(C(C)CC)c(O)c1C(C)(C)C. The van der Waals surface area contributed by atoms with Crippen molar-refractivity contribution in [1.82, 2.24) is 9.78 Å². The monoisotopic (exact) mass is 238 g/mol. The highest BCUT2D eigenvalue weighted by molar-refractivity contribution is 5.38. The quantitative estimate of drug-likeness (QED) is 0.866. The van der Waals surface area contributed by atoms with Gasteiger partial charge in [0.2, 0.25) is 0 Å². The van der Waals surface area contributed by atoms with Crippen molar-refractivity contribution in [1.29, 1.82) is 0 Å². The lowest BCUT2D eigenvalue weighted by molar-refractivity contribution is 0.420. The average molecular weight is 238 g/mol. The van der Waals surface area contributed by atoms with Crippen LogP contribution in [0.15, 0.2) is 0 Å². The van der Waals surface area contributed by atoms with Gasteiger partial charge in [0.15, 0.2) is 5.75 Å². The molecule has 1 aromatic rings. The maximum absolute atomic E-state index is 10.4. The second-order valence-corrected chi connectivity index (χ2v) is 5.86. The van der Waals surface area contributed by atoms with Gasteiger partial charge in [0.1, 0.15) is 5.69 Å². The molecular weight excluding hydrogens is 212 g/mol. The summed E-state index contributed by atoms with van der Waals surface area (Å²) in [5.74, 6) is 0.717. The Morgan fingerprint density at radius 2 is 1.88 bits per heavy atom. The van der Waals surface area contributed by atoms with E-state index >= 15 is 0 Å². The smallest absolute Gasteiger partial charge is 0.160 e. The molecule has 1 aromatic heterocycles. The fourth-order valence-electron chi connectivity index (χ4n) is 2.11. The van der Waals surface area contributed by atoms with Crippen LogP contribution in [0.25, 0.3) is 0 Å². The first-order valence-electron chi connectivity index (χ1n) is 6.63. The summed E-state index contributed by atoms with van der Waals surface area (Å²) in [5.41, 5.74) is 1.75. The van der Waals surface area contributed by atoms with Crippen LogP contribution in [0.4, 0.5) is 0 Å². The number of aryl methyl sites for hydroxylation is 1. The number of hydrogen-bond donors (Lipinski definition) is 1. The Morgan fingerprint density at radius 3 is 2.29 bits per heavy atom. The van der Waals surface area contributed by atoms with Gasteiger partial charge in [0.05, 0.1) is 5.69 Å². The fraction of sp³-hybridized carbons (Fsp3) is 0.786. The lowest BCUT2D eigenvalue weighted by Crippen LogP contribution is -2.18. The van der Waals surface area contributed by atoms with Crippen molar-refractivity contribution < 1.29 is 5.11 Å². The molecule has 0 aliphatic rings. The van der Waals surface area contributed by atoms with Crippen molar-refractivity contribution in [2.24, 2.45) is 0 Å². The number of aromatic hydroxyl groups is 1. The van der Waals surface area contributed by atoms with Gasteiger partial charge in [-0.1, -0.05) is 41.5 Å². The predicted molar refractivity (Wildman–Crippen MR) is 71.6 cm³/mol. The Hall–Kier alpha value is -0.990. The van der Waals surface area contributed by atoms with Gasteiger partial charge >= 0.3 is 0 Å². The maximum Gasteiger partial charge on any atom is 0.160 e. The summed E-state index contributed by atoms with van der Waals surface area (Å²) in [6.07, 6.45) is 2.03. The van der Waals surface area contributed by atoms with Gasteiger partial charge < -0.3 is 5.11 Å². The highest BCUT2D eigenvalue weighted by Crippen LogP contribution is 2.37. The molecule has 1 N–H and O–H groups in total. The molecular formula is C14H26N2O. The predicted octanol–water partition coefficient (Wildman–Crippen LogP) is 3.81. The van der Waals surface area contributed by atoms with Gasteiger partial charge in [-0.15, -0.1) is 0 Å². The van der Waals surface area contributed by atoms with Crippen molar-refractivity contribution in [3.05, 3.63) is 11.4 Å². The first kappa shape index (κ1) is 14.1. The van der Waals surface area contributed by atoms with Gasteiger partial charge in [-0.05, 0) is 12.8 Å². The van der Waals surface area contributed by atoms with Crippen LogP contribution in [-0.4, -0.2) is 14.9 Å². The number of hydrogen-bond acceptors (Lipinski definition) is 2. The van der Waals surface area contributed by atoms with E-state index < -0.39 is 0 Å². The molecule has 0 amide bonds. The molecule has 0 aliphatic carbocycles. The summed E-state index contributed by atoms with van der Waals surface area (Å²) in [7, 11) is 0. The number of nitrogens with zero attached hydrogens (tertiary/aromatic N) is 2. The van der Waals surface area contributed by atoms with Crippen LogP contribution in [0.3, 0.4) is 0 Å². The minimum atomic E-state index is -0.0715. The lowest BCUT2D eigenvalue weighted by Gasteiger charge is -2.20. The Morgan fingerprint density at radius 1 is 1.29 bits per heavy atom. The van der Waals surface area contributed by atoms with Crippen LogP contribution in [-0.2, 0) is 12.0 Å². The second-order valence-electron chi connectivity index (χ2n) is 5.86. The lowest BCUT2D eigenvalue weighted by atomic mass is 9.90. The molecule has 0 aromatic carbocycles. The highest BCUT2D eigenvalue weighted by atomic mass is 16.3. The number of aromatic nitrogens is 2. The van der Waals surface area contributed by atoms with Gasteiger partial charge in [0.25, 0.3) is 0 Å². The molecule has 0 bridgehead atoms. The van der Waals surface area contributed by atoms with E-state index in [1.807, 2.05) is 4.68 Å². The van der Waals surface area contributed by atoms with Gasteiger partial charge in [-0.3, -0.25) is 4.68 Å². The van der Waals surface area contributed by atoms with Crippen LogP contribution in [0.5, 0.6) is 5.75 Å². The minimum absolute atomic E-state index is 0.0715. The van der Waals surface area contributed by atoms with Crippen LogP contribution < -0.4 is 0 Å². The van der Waals surface area contributed by atoms with Crippen LogP contribution in [0, 0.1) is 0 Å². The van der Waals surface area contributed by atoms with Crippen molar-refractivity contribution in [3.8, 4) is 5.75 Å². The molecule has 3 heteroatoms. The molecule has 98 valence electrons. The topological polar surface area (TPSA) is 38.0 Å². The van der Waals surface area contributed by atoms with E-state index in [9.17, 15) is 5.11 Å². The molecule has 17 heavy (non-hydrogen) atoms. The third-order valence-electron chi connectivity index (χ3n) is 3.18. The Labute approximate surface area is 105 Å². The molecule has 0 spiro atoms. The summed E-state index contributed by atoms with van der Waals surface area (Å²) in [6, 6.07) is 0. The molecule has 0 saturated heterocycles. The van der Waals surface area contributed by atoms with Crippen LogP contribution in [0.2, 0.25) is 0 Å². The summed E-state index contributed by atoms with van der Waals surface area (Å²) < 4.78 is 1.98. The molecule has 0 radical (unpaired) electrons. The minimum Gasteiger partial charge on any atom is -0.504 e. The zero-order valence-corrected chi connectivity index (χ0v) is 12.0. The molecule has 1 unspecified atom stereocenters. The highest BCUT2D eigenvalue weighted by Gasteiger charge is 2.28. The van der Waals surface area contributed by atoms with E-state index in [4.69, 9.17) is 0 Å². The maximum atomic E-state index is 10.4. The second kappa shape index (κ2) is 5.11. The zero-order valence-electron chi connectivity index (χ0n) is 12.0. The molecule has 0 fully saturated rings. The van der Waals surface area contributed by atoms with Crippen molar-refractivity contribution in [2.75, 3.05) is 0 Å². The third-order valence-corrected chi connectivity index (χ3v) is 3.18. The standard InChI is InChI=1S/C14H26N2O/c1-7-9-16-13(14(4,5)6)12(17)11(15-16)10(3)8-2/h10,17H,7-9H2,1-6H3. The molecule has 0 aliphatic heterocycles. The third kappa shape index (κ3) is 2.82. The van der Waals surface area contributed by atoms with Crippen molar-refractivity contribution in [3.63, 3.8) is 0 Å². The summed E-state index contributed by atoms with van der Waals surface area (Å²) in [4.78, 5) is 0. The Kier molecular flexibility index (Phi) is 4.23. The average Bonchev–Trinajstić information content (AvgIpc) is 2.54. The Balaban J connectivity index is 3.30. The van der Waals surface area contributed by atoms with Crippen molar-refractivity contribution in [2.45, 2.75) is 72.3 Å². The molecule has 1 heterocycles. The van der Waals surface area contributed by atoms with Gasteiger partial charge in [-0.2, -0.15) is 5.10 Å². The van der Waals surface area contributed by atoms with Crippen LogP contribution in [0.1, 0.15) is 71.7 Å². The normalized spacial score (nSPS) is 14.0. The zero-order chi connectivity index (χ0) is 13.2. The fourth-order valence-corrected chi connectivity index (χ4v) is 2.11. The van der Waals surface area contributed by atoms with E-state index in [2.05, 4.69) is 46.6 Å². The van der Waals surface area contributed by atoms with E-state index in [-0.39, 0.29) is 5.41 Å². The number of rotatable bonds is 4. The molecule has 1 atom stereocenters. The van der Waals surface area contributed by atoms with E-state index in [0.717, 1.165) is 30.8 Å².